The van der Waals surface area contributed by atoms with Crippen LogP contribution in [0.5, 0.6) is 5.75 Å². The van der Waals surface area contributed by atoms with Gasteiger partial charge in [0.2, 0.25) is 0 Å². The van der Waals surface area contributed by atoms with Gasteiger partial charge in [-0.05, 0) is 42.3 Å². The Morgan fingerprint density at radius 1 is 0.889 bits per heavy atom. The van der Waals surface area contributed by atoms with Crippen molar-refractivity contribution >= 4 is 11.7 Å². The SMILES string of the molecule is CCOC(=O)[C@H](Nc1ccc(OCc2ccccc2)cc1)c1ccccc1. The Morgan fingerprint density at radius 2 is 1.52 bits per heavy atom. The molecule has 0 aromatic heterocycles. The zero-order valence-corrected chi connectivity index (χ0v) is 15.3. The molecular formula is C23H23NO3. The van der Waals surface area contributed by atoms with Crippen LogP contribution in [0.2, 0.25) is 0 Å². The topological polar surface area (TPSA) is 47.6 Å². The van der Waals surface area contributed by atoms with Crippen molar-refractivity contribution in [1.82, 2.24) is 0 Å². The number of benzene rings is 3. The fourth-order valence-electron chi connectivity index (χ4n) is 2.70. The average Bonchev–Trinajstić information content (AvgIpc) is 2.73. The smallest absolute Gasteiger partial charge is 0.333 e. The predicted octanol–water partition coefficient (Wildman–Crippen LogP) is 4.98. The van der Waals surface area contributed by atoms with Gasteiger partial charge in [-0.3, -0.25) is 0 Å². The van der Waals surface area contributed by atoms with Crippen molar-refractivity contribution in [1.29, 1.82) is 0 Å². The fraction of sp³-hybridized carbons (Fsp3) is 0.174. The van der Waals surface area contributed by atoms with Gasteiger partial charge in [0.15, 0.2) is 6.04 Å². The maximum absolute atomic E-state index is 12.4. The van der Waals surface area contributed by atoms with Crippen molar-refractivity contribution in [3.63, 3.8) is 0 Å². The molecular weight excluding hydrogens is 338 g/mol. The second-order valence-electron chi connectivity index (χ2n) is 6.04. The van der Waals surface area contributed by atoms with E-state index in [0.717, 1.165) is 22.6 Å². The quantitative estimate of drug-likeness (QED) is 0.575. The molecule has 4 nitrogen and oxygen atoms in total. The van der Waals surface area contributed by atoms with Crippen molar-refractivity contribution in [3.8, 4) is 5.75 Å². The van der Waals surface area contributed by atoms with Crippen molar-refractivity contribution in [2.45, 2.75) is 19.6 Å². The molecule has 0 aliphatic carbocycles. The maximum Gasteiger partial charge on any atom is 0.333 e. The van der Waals surface area contributed by atoms with Crippen LogP contribution in [0.4, 0.5) is 5.69 Å². The highest BCUT2D eigenvalue weighted by atomic mass is 16.5. The lowest BCUT2D eigenvalue weighted by Gasteiger charge is -2.19. The molecule has 1 N–H and O–H groups in total. The van der Waals surface area contributed by atoms with Gasteiger partial charge in [-0.1, -0.05) is 60.7 Å². The largest absolute Gasteiger partial charge is 0.489 e. The molecule has 0 radical (unpaired) electrons. The minimum atomic E-state index is -0.553. The molecule has 0 unspecified atom stereocenters. The van der Waals surface area contributed by atoms with E-state index in [0.29, 0.717) is 13.2 Å². The number of hydrogen-bond acceptors (Lipinski definition) is 4. The standard InChI is InChI=1S/C23H23NO3/c1-2-26-23(25)22(19-11-7-4-8-12-19)24-20-13-15-21(16-14-20)27-17-18-9-5-3-6-10-18/h3-16,22,24H,2,17H2,1H3/t22-/m1/s1. The van der Waals surface area contributed by atoms with Gasteiger partial charge in [0.1, 0.15) is 12.4 Å². The second-order valence-corrected chi connectivity index (χ2v) is 6.04. The van der Waals surface area contributed by atoms with Crippen LogP contribution in [0.1, 0.15) is 24.1 Å². The second kappa shape index (κ2) is 9.43. The van der Waals surface area contributed by atoms with E-state index < -0.39 is 6.04 Å². The average molecular weight is 361 g/mol. The summed E-state index contributed by atoms with van der Waals surface area (Å²) in [5.74, 6) is 0.477. The first-order valence-corrected chi connectivity index (χ1v) is 9.01. The molecule has 0 saturated heterocycles. The zero-order valence-electron chi connectivity index (χ0n) is 15.3. The number of nitrogens with one attached hydrogen (secondary N) is 1. The van der Waals surface area contributed by atoms with Crippen molar-refractivity contribution in [3.05, 3.63) is 96.1 Å². The van der Waals surface area contributed by atoms with Gasteiger partial charge in [0.05, 0.1) is 6.61 Å². The molecule has 0 aliphatic heterocycles. The summed E-state index contributed by atoms with van der Waals surface area (Å²) in [5.41, 5.74) is 2.80. The van der Waals surface area contributed by atoms with E-state index in [1.165, 1.54) is 0 Å². The van der Waals surface area contributed by atoms with Crippen LogP contribution in [0.3, 0.4) is 0 Å². The van der Waals surface area contributed by atoms with Crippen LogP contribution in [0.25, 0.3) is 0 Å². The van der Waals surface area contributed by atoms with Crippen LogP contribution in [-0.4, -0.2) is 12.6 Å². The number of rotatable bonds is 8. The van der Waals surface area contributed by atoms with E-state index in [1.54, 1.807) is 6.92 Å². The molecule has 3 aromatic rings. The van der Waals surface area contributed by atoms with E-state index in [2.05, 4.69) is 5.32 Å². The lowest BCUT2D eigenvalue weighted by molar-refractivity contribution is -0.144. The highest BCUT2D eigenvalue weighted by molar-refractivity contribution is 5.81. The first-order valence-electron chi connectivity index (χ1n) is 9.01. The molecule has 3 rings (SSSR count). The van der Waals surface area contributed by atoms with Crippen LogP contribution in [0, 0.1) is 0 Å². The van der Waals surface area contributed by atoms with Gasteiger partial charge in [-0.15, -0.1) is 0 Å². The van der Waals surface area contributed by atoms with Gasteiger partial charge in [0, 0.05) is 5.69 Å². The van der Waals surface area contributed by atoms with Crippen LogP contribution < -0.4 is 10.1 Å². The molecule has 3 aromatic carbocycles. The Labute approximate surface area is 159 Å². The molecule has 4 heteroatoms. The first kappa shape index (κ1) is 18.5. The Kier molecular flexibility index (Phi) is 6.47. The lowest BCUT2D eigenvalue weighted by atomic mass is 10.1. The Hall–Kier alpha value is -3.27. The summed E-state index contributed by atoms with van der Waals surface area (Å²) in [6, 6.07) is 26.6. The zero-order chi connectivity index (χ0) is 18.9. The summed E-state index contributed by atoms with van der Waals surface area (Å²) < 4.78 is 11.0. The monoisotopic (exact) mass is 361 g/mol. The van der Waals surface area contributed by atoms with E-state index in [-0.39, 0.29) is 5.97 Å². The van der Waals surface area contributed by atoms with E-state index in [9.17, 15) is 4.79 Å². The van der Waals surface area contributed by atoms with Gasteiger partial charge in [-0.25, -0.2) is 4.79 Å². The molecule has 0 spiro atoms. The molecule has 27 heavy (non-hydrogen) atoms. The molecule has 0 amide bonds. The number of carbonyl (C=O) groups is 1. The molecule has 0 aliphatic rings. The van der Waals surface area contributed by atoms with Gasteiger partial charge < -0.3 is 14.8 Å². The lowest BCUT2D eigenvalue weighted by Crippen LogP contribution is -2.23. The summed E-state index contributed by atoms with van der Waals surface area (Å²) >= 11 is 0. The Balaban J connectivity index is 1.66. The molecule has 0 fully saturated rings. The summed E-state index contributed by atoms with van der Waals surface area (Å²) in [7, 11) is 0. The number of ether oxygens (including phenoxy) is 2. The van der Waals surface area contributed by atoms with Crippen LogP contribution in [0.15, 0.2) is 84.9 Å². The number of anilines is 1. The molecule has 138 valence electrons. The number of esters is 1. The van der Waals surface area contributed by atoms with Crippen molar-refractivity contribution < 1.29 is 14.3 Å². The molecule has 0 heterocycles. The molecule has 0 bridgehead atoms. The normalized spacial score (nSPS) is 11.4. The van der Waals surface area contributed by atoms with Crippen molar-refractivity contribution in [2.24, 2.45) is 0 Å². The number of carbonyl (C=O) groups excluding carboxylic acids is 1. The van der Waals surface area contributed by atoms with E-state index >= 15 is 0 Å². The highest BCUT2D eigenvalue weighted by Gasteiger charge is 2.21. The summed E-state index contributed by atoms with van der Waals surface area (Å²) in [6.45, 7) is 2.66. The maximum atomic E-state index is 12.4. The first-order chi connectivity index (χ1) is 13.3. The minimum Gasteiger partial charge on any atom is -0.489 e. The van der Waals surface area contributed by atoms with Gasteiger partial charge >= 0.3 is 5.97 Å². The third-order valence-electron chi connectivity index (χ3n) is 4.07. The third kappa shape index (κ3) is 5.35. The summed E-state index contributed by atoms with van der Waals surface area (Å²) in [6.07, 6.45) is 0. The third-order valence-corrected chi connectivity index (χ3v) is 4.07. The minimum absolute atomic E-state index is 0.298. The van der Waals surface area contributed by atoms with Gasteiger partial charge in [-0.2, -0.15) is 0 Å². The Bertz CT molecular complexity index is 833. The fourth-order valence-corrected chi connectivity index (χ4v) is 2.70. The number of hydrogen-bond donors (Lipinski definition) is 1. The Morgan fingerprint density at radius 3 is 2.15 bits per heavy atom. The van der Waals surface area contributed by atoms with Crippen molar-refractivity contribution in [2.75, 3.05) is 11.9 Å². The molecule has 1 atom stereocenters. The van der Waals surface area contributed by atoms with E-state index in [1.807, 2.05) is 84.9 Å². The van der Waals surface area contributed by atoms with Crippen LogP contribution in [-0.2, 0) is 16.1 Å². The highest BCUT2D eigenvalue weighted by Crippen LogP contribution is 2.23. The molecule has 0 saturated carbocycles. The van der Waals surface area contributed by atoms with E-state index in [4.69, 9.17) is 9.47 Å². The summed E-state index contributed by atoms with van der Waals surface area (Å²) in [5, 5.41) is 3.25. The van der Waals surface area contributed by atoms with Crippen LogP contribution >= 0.6 is 0 Å². The summed E-state index contributed by atoms with van der Waals surface area (Å²) in [4.78, 5) is 12.4. The van der Waals surface area contributed by atoms with Gasteiger partial charge in [0.25, 0.3) is 0 Å². The predicted molar refractivity (Wildman–Crippen MR) is 107 cm³/mol.